The van der Waals surface area contributed by atoms with E-state index in [2.05, 4.69) is 60.5 Å². The van der Waals surface area contributed by atoms with Gasteiger partial charge >= 0.3 is 0 Å². The third kappa shape index (κ3) is 5.47. The van der Waals surface area contributed by atoms with Crippen LogP contribution in [0.3, 0.4) is 0 Å². The number of anilines is 1. The number of fused-ring (bicyclic) bond motifs is 1. The predicted molar refractivity (Wildman–Crippen MR) is 134 cm³/mol. The van der Waals surface area contributed by atoms with Gasteiger partial charge in [-0.1, -0.05) is 24.3 Å². The van der Waals surface area contributed by atoms with Gasteiger partial charge in [0.05, 0.1) is 12.1 Å². The molecule has 0 radical (unpaired) electrons. The lowest BCUT2D eigenvalue weighted by Crippen LogP contribution is -2.42. The van der Waals surface area contributed by atoms with Gasteiger partial charge < -0.3 is 20.3 Å². The first-order chi connectivity index (χ1) is 17.0. The number of alkyl halides is 2. The molecule has 1 aliphatic heterocycles. The molecule has 1 aromatic carbocycles. The van der Waals surface area contributed by atoms with Gasteiger partial charge in [-0.25, -0.2) is 13.8 Å². The summed E-state index contributed by atoms with van der Waals surface area (Å²) in [5, 5.41) is 17.0. The summed E-state index contributed by atoms with van der Waals surface area (Å²) in [6.07, 6.45) is 4.31. The van der Waals surface area contributed by atoms with Crippen molar-refractivity contribution in [2.24, 2.45) is 0 Å². The van der Waals surface area contributed by atoms with Gasteiger partial charge in [0.25, 0.3) is 6.43 Å². The van der Waals surface area contributed by atoms with Crippen LogP contribution in [0, 0.1) is 0 Å². The summed E-state index contributed by atoms with van der Waals surface area (Å²) >= 11 is 0. The van der Waals surface area contributed by atoms with Crippen molar-refractivity contribution in [1.29, 1.82) is 0 Å². The predicted octanol–water partition coefficient (Wildman–Crippen LogP) is 4.05. The molecule has 1 atom stereocenters. The highest BCUT2D eigenvalue weighted by Crippen LogP contribution is 2.37. The zero-order chi connectivity index (χ0) is 24.4. The highest BCUT2D eigenvalue weighted by molar-refractivity contribution is 5.94. The topological polar surface area (TPSA) is 78.2 Å². The molecular weight excluding hydrogens is 450 g/mol. The number of benzene rings is 1. The van der Waals surface area contributed by atoms with Crippen molar-refractivity contribution in [1.82, 2.24) is 24.8 Å². The quantitative estimate of drug-likeness (QED) is 0.470. The molecule has 2 fully saturated rings. The Morgan fingerprint density at radius 3 is 2.51 bits per heavy atom. The zero-order valence-electron chi connectivity index (χ0n) is 20.1. The monoisotopic (exact) mass is 484 g/mol. The lowest BCUT2D eigenvalue weighted by Gasteiger charge is -2.27. The van der Waals surface area contributed by atoms with Crippen molar-refractivity contribution in [3.8, 4) is 11.1 Å². The van der Waals surface area contributed by atoms with Crippen molar-refractivity contribution in [2.75, 3.05) is 31.5 Å². The molecule has 3 aromatic rings. The van der Waals surface area contributed by atoms with E-state index >= 15 is 0 Å². The number of rotatable bonds is 7. The van der Waals surface area contributed by atoms with Gasteiger partial charge in [0.2, 0.25) is 5.95 Å². The molecule has 0 amide bonds. The molecule has 3 heterocycles. The lowest BCUT2D eigenvalue weighted by molar-refractivity contribution is 0.111. The summed E-state index contributed by atoms with van der Waals surface area (Å²) in [6.45, 7) is 6.54. The van der Waals surface area contributed by atoms with Crippen LogP contribution in [0.4, 0.5) is 14.7 Å². The molecule has 3 N–H and O–H groups in total. The number of aromatic nitrogens is 3. The van der Waals surface area contributed by atoms with Gasteiger partial charge in [-0.2, -0.15) is 4.98 Å². The lowest BCUT2D eigenvalue weighted by atomic mass is 9.93. The second kappa shape index (κ2) is 10.6. The van der Waals surface area contributed by atoms with E-state index in [9.17, 15) is 13.9 Å². The van der Waals surface area contributed by atoms with Crippen LogP contribution in [0.5, 0.6) is 0 Å². The standard InChI is InChI=1S/C26H34F2N6O/c1-17(24(27)28)31-26-30-14-22-23(16-34(25(22)32-26)20-6-8-21(35)9-7-20)19-4-2-18(3-5-19)15-33-12-10-29-11-13-33/h2-5,14,16-17,20-21,24,29,35H,6-13,15H2,1H3,(H,30,31,32)/t17-,20?,21?/m1/s1. The first-order valence-electron chi connectivity index (χ1n) is 12.6. The fourth-order valence-corrected chi connectivity index (χ4v) is 5.13. The molecule has 1 saturated carbocycles. The molecule has 2 aliphatic rings. The average Bonchev–Trinajstić information content (AvgIpc) is 3.24. The number of hydrogen-bond acceptors (Lipinski definition) is 6. The number of hydrogen-bond donors (Lipinski definition) is 3. The first-order valence-corrected chi connectivity index (χ1v) is 12.6. The van der Waals surface area contributed by atoms with Crippen LogP contribution < -0.4 is 10.6 Å². The second-order valence-electron chi connectivity index (χ2n) is 9.83. The van der Waals surface area contributed by atoms with Gasteiger partial charge in [0.15, 0.2) is 0 Å². The largest absolute Gasteiger partial charge is 0.393 e. The summed E-state index contributed by atoms with van der Waals surface area (Å²) in [4.78, 5) is 11.5. The first kappa shape index (κ1) is 24.1. The van der Waals surface area contributed by atoms with Crippen molar-refractivity contribution in [3.63, 3.8) is 0 Å². The number of nitrogens with one attached hydrogen (secondary N) is 2. The molecule has 0 spiro atoms. The van der Waals surface area contributed by atoms with Gasteiger partial charge in [0, 0.05) is 62.1 Å². The van der Waals surface area contributed by atoms with Gasteiger partial charge in [-0.05, 0) is 43.7 Å². The molecule has 2 aromatic heterocycles. The third-order valence-corrected chi connectivity index (χ3v) is 7.25. The maximum Gasteiger partial charge on any atom is 0.258 e. The van der Waals surface area contributed by atoms with Crippen LogP contribution in [0.25, 0.3) is 22.2 Å². The molecule has 9 heteroatoms. The molecule has 0 bridgehead atoms. The van der Waals surface area contributed by atoms with Crippen LogP contribution in [0.15, 0.2) is 36.7 Å². The number of piperazine rings is 1. The molecule has 1 saturated heterocycles. The van der Waals surface area contributed by atoms with E-state index in [0.29, 0.717) is 0 Å². The molecule has 188 valence electrons. The summed E-state index contributed by atoms with van der Waals surface area (Å²) in [6, 6.07) is 7.82. The van der Waals surface area contributed by atoms with E-state index in [-0.39, 0.29) is 18.1 Å². The minimum absolute atomic E-state index is 0.205. The Kier molecular flexibility index (Phi) is 7.27. The van der Waals surface area contributed by atoms with Crippen molar-refractivity contribution >= 4 is 17.0 Å². The molecule has 0 unspecified atom stereocenters. The third-order valence-electron chi connectivity index (χ3n) is 7.25. The van der Waals surface area contributed by atoms with Crippen LogP contribution in [-0.4, -0.2) is 69.3 Å². The number of aliphatic hydroxyl groups excluding tert-OH is 1. The maximum atomic E-state index is 13.1. The van der Waals surface area contributed by atoms with Crippen LogP contribution in [0.2, 0.25) is 0 Å². The summed E-state index contributed by atoms with van der Waals surface area (Å²) in [5.74, 6) is 0.207. The molecule has 35 heavy (non-hydrogen) atoms. The zero-order valence-corrected chi connectivity index (χ0v) is 20.1. The highest BCUT2D eigenvalue weighted by atomic mass is 19.3. The Morgan fingerprint density at radius 2 is 1.83 bits per heavy atom. The minimum atomic E-state index is -2.50. The van der Waals surface area contributed by atoms with E-state index in [1.54, 1.807) is 6.20 Å². The van der Waals surface area contributed by atoms with E-state index in [1.807, 2.05) is 0 Å². The van der Waals surface area contributed by atoms with E-state index in [0.717, 1.165) is 80.6 Å². The van der Waals surface area contributed by atoms with Crippen molar-refractivity contribution in [2.45, 2.75) is 63.8 Å². The summed E-state index contributed by atoms with van der Waals surface area (Å²) in [5.41, 5.74) is 4.14. The molecular formula is C26H34F2N6O. The Balaban J connectivity index is 1.46. The average molecular weight is 485 g/mol. The number of halogens is 2. The number of aliphatic hydroxyl groups is 1. The second-order valence-corrected chi connectivity index (χ2v) is 9.83. The van der Waals surface area contributed by atoms with Crippen LogP contribution in [0.1, 0.15) is 44.2 Å². The maximum absolute atomic E-state index is 13.1. The summed E-state index contributed by atoms with van der Waals surface area (Å²) < 4.78 is 28.3. The Bertz CT molecular complexity index is 1120. The van der Waals surface area contributed by atoms with Crippen LogP contribution >= 0.6 is 0 Å². The normalized spacial score (nSPS) is 22.5. The van der Waals surface area contributed by atoms with Gasteiger partial charge in [0.1, 0.15) is 5.65 Å². The fourth-order valence-electron chi connectivity index (χ4n) is 5.13. The van der Waals surface area contributed by atoms with E-state index < -0.39 is 12.5 Å². The Morgan fingerprint density at radius 1 is 1.11 bits per heavy atom. The van der Waals surface area contributed by atoms with E-state index in [4.69, 9.17) is 0 Å². The molecule has 1 aliphatic carbocycles. The fraction of sp³-hybridized carbons (Fsp3) is 0.538. The van der Waals surface area contributed by atoms with Crippen molar-refractivity contribution in [3.05, 3.63) is 42.2 Å². The Hall–Kier alpha value is -2.62. The van der Waals surface area contributed by atoms with Crippen LogP contribution in [-0.2, 0) is 6.54 Å². The summed E-state index contributed by atoms with van der Waals surface area (Å²) in [7, 11) is 0. The number of nitrogens with zero attached hydrogens (tertiary/aromatic N) is 4. The minimum Gasteiger partial charge on any atom is -0.393 e. The van der Waals surface area contributed by atoms with Gasteiger partial charge in [-0.15, -0.1) is 0 Å². The Labute approximate surface area is 204 Å². The smallest absolute Gasteiger partial charge is 0.258 e. The highest BCUT2D eigenvalue weighted by Gasteiger charge is 2.25. The van der Waals surface area contributed by atoms with E-state index in [1.165, 1.54) is 12.5 Å². The van der Waals surface area contributed by atoms with Crippen molar-refractivity contribution < 1.29 is 13.9 Å². The van der Waals surface area contributed by atoms with Gasteiger partial charge in [-0.3, -0.25) is 4.90 Å². The molecule has 5 rings (SSSR count). The SMILES string of the molecule is C[C@@H](Nc1ncc2c(-c3ccc(CN4CCNCC4)cc3)cn(C3CCC(O)CC3)c2n1)C(F)F. The molecule has 7 nitrogen and oxygen atoms in total.